The zero-order chi connectivity index (χ0) is 13.9. The first-order valence-corrected chi connectivity index (χ1v) is 8.36. The number of anilines is 1. The molecule has 0 N–H and O–H groups in total. The van der Waals surface area contributed by atoms with Gasteiger partial charge in [0, 0.05) is 37.9 Å². The average Bonchev–Trinajstić information content (AvgIpc) is 2.64. The highest BCUT2D eigenvalue weighted by Gasteiger charge is 2.21. The van der Waals surface area contributed by atoms with E-state index >= 15 is 0 Å². The highest BCUT2D eigenvalue weighted by Crippen LogP contribution is 2.15. The molecule has 1 saturated heterocycles. The number of aryl methyl sites for hydroxylation is 1. The van der Waals surface area contributed by atoms with Crippen LogP contribution in [-0.4, -0.2) is 55.1 Å². The van der Waals surface area contributed by atoms with Crippen LogP contribution in [0.25, 0.3) is 0 Å². The van der Waals surface area contributed by atoms with Crippen LogP contribution in [0.1, 0.15) is 19.0 Å². The highest BCUT2D eigenvalue weighted by molar-refractivity contribution is 7.88. The topological polar surface area (TPSA) is 66.4 Å². The van der Waals surface area contributed by atoms with E-state index in [2.05, 4.69) is 21.8 Å². The number of sulfonamides is 1. The molecule has 106 valence electrons. The zero-order valence-corrected chi connectivity index (χ0v) is 12.2. The minimum atomic E-state index is -3.09. The Hall–Kier alpha value is -1.21. The van der Waals surface area contributed by atoms with Crippen molar-refractivity contribution >= 4 is 15.8 Å². The Bertz CT molecular complexity index is 532. The molecule has 0 radical (unpaired) electrons. The fraction of sp³-hybridized carbons (Fsp3) is 0.667. The van der Waals surface area contributed by atoms with E-state index in [1.165, 1.54) is 10.6 Å². The van der Waals surface area contributed by atoms with Gasteiger partial charge < -0.3 is 4.90 Å². The van der Waals surface area contributed by atoms with Crippen LogP contribution >= 0.6 is 0 Å². The lowest BCUT2D eigenvalue weighted by Crippen LogP contribution is -2.34. The number of hydrogen-bond acceptors (Lipinski definition) is 5. The summed E-state index contributed by atoms with van der Waals surface area (Å²) in [6.07, 6.45) is 4.54. The summed E-state index contributed by atoms with van der Waals surface area (Å²) in [5, 5.41) is 0. The summed E-state index contributed by atoms with van der Waals surface area (Å²) in [5.74, 6) is 0.891. The molecule has 0 aliphatic carbocycles. The molecule has 6 nitrogen and oxygen atoms in total. The number of rotatable bonds is 3. The van der Waals surface area contributed by atoms with Crippen molar-refractivity contribution in [3.63, 3.8) is 0 Å². The lowest BCUT2D eigenvalue weighted by molar-refractivity contribution is 0.437. The third-order valence-corrected chi connectivity index (χ3v) is 4.62. The monoisotopic (exact) mass is 284 g/mol. The largest absolute Gasteiger partial charge is 0.355 e. The van der Waals surface area contributed by atoms with Crippen molar-refractivity contribution in [2.24, 2.45) is 0 Å². The van der Waals surface area contributed by atoms with Gasteiger partial charge in [0.15, 0.2) is 0 Å². The van der Waals surface area contributed by atoms with E-state index in [1.54, 1.807) is 6.33 Å². The third kappa shape index (κ3) is 3.63. The molecule has 0 unspecified atom stereocenters. The van der Waals surface area contributed by atoms with Crippen molar-refractivity contribution in [3.05, 3.63) is 18.1 Å². The quantitative estimate of drug-likeness (QED) is 0.809. The van der Waals surface area contributed by atoms with Crippen molar-refractivity contribution in [2.75, 3.05) is 37.3 Å². The van der Waals surface area contributed by atoms with E-state index in [0.717, 1.165) is 30.9 Å². The van der Waals surface area contributed by atoms with Gasteiger partial charge in [-0.15, -0.1) is 0 Å². The Kier molecular flexibility index (Phi) is 4.36. The van der Waals surface area contributed by atoms with Crippen LogP contribution in [0.4, 0.5) is 5.82 Å². The molecule has 1 aromatic heterocycles. The summed E-state index contributed by atoms with van der Waals surface area (Å²) in [4.78, 5) is 10.6. The summed E-state index contributed by atoms with van der Waals surface area (Å²) in [5.41, 5.74) is 1.01. The maximum Gasteiger partial charge on any atom is 0.211 e. The molecule has 7 heteroatoms. The molecule has 1 aliphatic rings. The molecule has 0 saturated carbocycles. The molecule has 1 fully saturated rings. The molecule has 0 bridgehead atoms. The number of hydrogen-bond donors (Lipinski definition) is 0. The third-order valence-electron chi connectivity index (χ3n) is 3.32. The maximum absolute atomic E-state index is 11.6. The molecule has 2 rings (SSSR count). The van der Waals surface area contributed by atoms with Gasteiger partial charge >= 0.3 is 0 Å². The van der Waals surface area contributed by atoms with E-state index < -0.39 is 10.0 Å². The van der Waals surface area contributed by atoms with Gasteiger partial charge in [-0.05, 0) is 12.8 Å². The van der Waals surface area contributed by atoms with E-state index in [1.807, 2.05) is 6.07 Å². The van der Waals surface area contributed by atoms with Gasteiger partial charge in [-0.1, -0.05) is 6.92 Å². The predicted octanol–water partition coefficient (Wildman–Crippen LogP) is 0.511. The first-order valence-electron chi connectivity index (χ1n) is 6.51. The smallest absolute Gasteiger partial charge is 0.211 e. The Morgan fingerprint density at radius 3 is 2.68 bits per heavy atom. The molecule has 0 spiro atoms. The minimum absolute atomic E-state index is 0.518. The van der Waals surface area contributed by atoms with Gasteiger partial charge in [-0.25, -0.2) is 22.7 Å². The summed E-state index contributed by atoms with van der Waals surface area (Å²) in [7, 11) is -3.09. The normalized spacial score (nSPS) is 18.3. The van der Waals surface area contributed by atoms with Crippen LogP contribution in [-0.2, 0) is 16.4 Å². The second-order valence-electron chi connectivity index (χ2n) is 4.72. The van der Waals surface area contributed by atoms with Gasteiger partial charge in [-0.2, -0.15) is 0 Å². The molecule has 1 aromatic rings. The van der Waals surface area contributed by atoms with E-state index in [-0.39, 0.29) is 0 Å². The zero-order valence-electron chi connectivity index (χ0n) is 11.4. The van der Waals surface area contributed by atoms with Crippen molar-refractivity contribution in [3.8, 4) is 0 Å². The number of nitrogens with zero attached hydrogens (tertiary/aromatic N) is 4. The van der Waals surface area contributed by atoms with Crippen molar-refractivity contribution in [1.29, 1.82) is 0 Å². The van der Waals surface area contributed by atoms with E-state index in [9.17, 15) is 8.42 Å². The van der Waals surface area contributed by atoms with Gasteiger partial charge in [0.2, 0.25) is 10.0 Å². The Labute approximate surface area is 114 Å². The molecular formula is C12H20N4O2S. The summed E-state index contributed by atoms with van der Waals surface area (Å²) >= 11 is 0. The van der Waals surface area contributed by atoms with Gasteiger partial charge in [0.05, 0.1) is 6.26 Å². The second-order valence-corrected chi connectivity index (χ2v) is 6.71. The summed E-state index contributed by atoms with van der Waals surface area (Å²) in [6.45, 7) is 4.66. The highest BCUT2D eigenvalue weighted by atomic mass is 32.2. The molecule has 2 heterocycles. The Morgan fingerprint density at radius 2 is 2.00 bits per heavy atom. The van der Waals surface area contributed by atoms with E-state index in [0.29, 0.717) is 19.6 Å². The van der Waals surface area contributed by atoms with Crippen LogP contribution in [0.2, 0.25) is 0 Å². The first kappa shape index (κ1) is 14.2. The van der Waals surface area contributed by atoms with Gasteiger partial charge in [0.1, 0.15) is 12.1 Å². The maximum atomic E-state index is 11.6. The van der Waals surface area contributed by atoms with Crippen molar-refractivity contribution < 1.29 is 8.42 Å². The molecule has 19 heavy (non-hydrogen) atoms. The number of aromatic nitrogens is 2. The SMILES string of the molecule is CCc1cc(N2CCCN(S(C)(=O)=O)CC2)ncn1. The summed E-state index contributed by atoms with van der Waals surface area (Å²) in [6, 6.07) is 1.98. The van der Waals surface area contributed by atoms with Gasteiger partial charge in [-0.3, -0.25) is 0 Å². The molecule has 1 aliphatic heterocycles. The van der Waals surface area contributed by atoms with Crippen LogP contribution in [0.15, 0.2) is 12.4 Å². The van der Waals surface area contributed by atoms with Gasteiger partial charge in [0.25, 0.3) is 0 Å². The lowest BCUT2D eigenvalue weighted by atomic mass is 10.3. The average molecular weight is 284 g/mol. The van der Waals surface area contributed by atoms with Crippen molar-refractivity contribution in [2.45, 2.75) is 19.8 Å². The molecular weight excluding hydrogens is 264 g/mol. The molecule has 0 atom stereocenters. The molecule has 0 amide bonds. The van der Waals surface area contributed by atoms with Crippen LogP contribution in [0, 0.1) is 0 Å². The first-order chi connectivity index (χ1) is 9.00. The lowest BCUT2D eigenvalue weighted by Gasteiger charge is -2.22. The Morgan fingerprint density at radius 1 is 1.21 bits per heavy atom. The predicted molar refractivity (Wildman–Crippen MR) is 74.7 cm³/mol. The Balaban J connectivity index is 2.10. The summed E-state index contributed by atoms with van der Waals surface area (Å²) < 4.78 is 24.7. The van der Waals surface area contributed by atoms with Crippen LogP contribution in [0.5, 0.6) is 0 Å². The van der Waals surface area contributed by atoms with E-state index in [4.69, 9.17) is 0 Å². The fourth-order valence-corrected chi connectivity index (χ4v) is 3.08. The van der Waals surface area contributed by atoms with Crippen LogP contribution < -0.4 is 4.90 Å². The molecule has 0 aromatic carbocycles. The van der Waals surface area contributed by atoms with Crippen molar-refractivity contribution in [1.82, 2.24) is 14.3 Å². The minimum Gasteiger partial charge on any atom is -0.355 e. The van der Waals surface area contributed by atoms with Crippen LogP contribution in [0.3, 0.4) is 0 Å². The standard InChI is InChI=1S/C12H20N4O2S/c1-3-11-9-12(14-10-13-11)15-5-4-6-16(8-7-15)19(2,17)18/h9-10H,3-8H2,1-2H3. The second kappa shape index (κ2) is 5.83. The fourth-order valence-electron chi connectivity index (χ4n) is 2.21.